The van der Waals surface area contributed by atoms with Gasteiger partial charge in [0.05, 0.1) is 5.88 Å². The fraction of sp³-hybridized carbons (Fsp3) is 0.696. The SMILES string of the molecule is C[C@H]1C[C@@H]2C(=CC[C@@]3(C)[C@H]2CC[C@]3(OC=O)C(=O)CCl)[C@@]2(C)CCC(=O)C=C12. The highest BCUT2D eigenvalue weighted by atomic mass is 35.5. The van der Waals surface area contributed by atoms with Crippen LogP contribution < -0.4 is 0 Å². The van der Waals surface area contributed by atoms with Crippen LogP contribution in [0.4, 0.5) is 0 Å². The Bertz CT molecular complexity index is 798. The highest BCUT2D eigenvalue weighted by Gasteiger charge is 2.66. The molecule has 6 atom stereocenters. The van der Waals surface area contributed by atoms with Crippen LogP contribution >= 0.6 is 11.6 Å². The molecule has 0 radical (unpaired) electrons. The maximum Gasteiger partial charge on any atom is 0.294 e. The van der Waals surface area contributed by atoms with Crippen molar-refractivity contribution in [2.45, 2.75) is 64.9 Å². The van der Waals surface area contributed by atoms with Gasteiger partial charge in [0.25, 0.3) is 6.47 Å². The van der Waals surface area contributed by atoms with Crippen LogP contribution in [0.1, 0.15) is 59.3 Å². The van der Waals surface area contributed by atoms with Gasteiger partial charge in [-0.1, -0.05) is 38.0 Å². The summed E-state index contributed by atoms with van der Waals surface area (Å²) in [7, 11) is 0. The number of Topliss-reactive ketones (excluding diaryl/α,β-unsaturated/α-hetero) is 1. The highest BCUT2D eigenvalue weighted by molar-refractivity contribution is 6.29. The fourth-order valence-electron chi connectivity index (χ4n) is 7.17. The molecule has 0 unspecified atom stereocenters. The van der Waals surface area contributed by atoms with Gasteiger partial charge in [0.1, 0.15) is 0 Å². The smallest absolute Gasteiger partial charge is 0.294 e. The van der Waals surface area contributed by atoms with Crippen molar-refractivity contribution >= 4 is 29.6 Å². The van der Waals surface area contributed by atoms with Crippen molar-refractivity contribution in [2.75, 3.05) is 5.88 Å². The lowest BCUT2D eigenvalue weighted by molar-refractivity contribution is -0.171. The number of carbonyl (C=O) groups is 3. The minimum Gasteiger partial charge on any atom is -0.453 e. The third-order valence-electron chi connectivity index (χ3n) is 8.60. The van der Waals surface area contributed by atoms with E-state index in [1.165, 1.54) is 11.1 Å². The van der Waals surface area contributed by atoms with Crippen molar-refractivity contribution in [1.29, 1.82) is 0 Å². The van der Waals surface area contributed by atoms with Gasteiger partial charge in [0, 0.05) is 17.3 Å². The molecule has 4 aliphatic carbocycles. The summed E-state index contributed by atoms with van der Waals surface area (Å²) in [4.78, 5) is 36.3. The lowest BCUT2D eigenvalue weighted by atomic mass is 9.49. The van der Waals surface area contributed by atoms with Crippen LogP contribution in [0.2, 0.25) is 0 Å². The Hall–Kier alpha value is -1.42. The van der Waals surface area contributed by atoms with Gasteiger partial charge >= 0.3 is 0 Å². The number of hydrogen-bond acceptors (Lipinski definition) is 4. The Morgan fingerprint density at radius 3 is 2.75 bits per heavy atom. The number of fused-ring (bicyclic) bond motifs is 5. The largest absolute Gasteiger partial charge is 0.453 e. The average molecular weight is 405 g/mol. The number of allylic oxidation sites excluding steroid dienone is 4. The molecule has 0 aromatic heterocycles. The van der Waals surface area contributed by atoms with Gasteiger partial charge in [-0.3, -0.25) is 14.4 Å². The molecule has 0 saturated heterocycles. The summed E-state index contributed by atoms with van der Waals surface area (Å²) in [5, 5.41) is 0. The predicted molar refractivity (Wildman–Crippen MR) is 107 cm³/mol. The lowest BCUT2D eigenvalue weighted by Crippen LogP contribution is -2.57. The van der Waals surface area contributed by atoms with Crippen molar-refractivity contribution in [3.8, 4) is 0 Å². The van der Waals surface area contributed by atoms with Crippen molar-refractivity contribution in [3.05, 3.63) is 23.3 Å². The molecule has 0 aromatic carbocycles. The van der Waals surface area contributed by atoms with Crippen molar-refractivity contribution in [3.63, 3.8) is 0 Å². The molecule has 0 amide bonds. The zero-order chi connectivity index (χ0) is 20.3. The van der Waals surface area contributed by atoms with Gasteiger partial charge in [-0.05, 0) is 55.9 Å². The second-order valence-electron chi connectivity index (χ2n) is 9.67. The van der Waals surface area contributed by atoms with Crippen molar-refractivity contribution in [2.24, 2.45) is 28.6 Å². The molecule has 4 aliphatic rings. The van der Waals surface area contributed by atoms with Crippen LogP contribution in [0.5, 0.6) is 0 Å². The van der Waals surface area contributed by atoms with Gasteiger partial charge in [0.2, 0.25) is 0 Å². The van der Waals surface area contributed by atoms with E-state index in [9.17, 15) is 14.4 Å². The molecule has 0 heterocycles. The van der Waals surface area contributed by atoms with Crippen LogP contribution in [-0.4, -0.2) is 29.5 Å². The van der Waals surface area contributed by atoms with E-state index < -0.39 is 11.0 Å². The van der Waals surface area contributed by atoms with Crippen LogP contribution in [0, 0.1) is 28.6 Å². The normalized spacial score (nSPS) is 44.6. The molecule has 0 spiro atoms. The molecular weight excluding hydrogens is 376 g/mol. The van der Waals surface area contributed by atoms with E-state index in [0.717, 1.165) is 19.3 Å². The molecule has 4 rings (SSSR count). The summed E-state index contributed by atoms with van der Waals surface area (Å²) in [6.45, 7) is 7.04. The molecule has 2 saturated carbocycles. The Morgan fingerprint density at radius 2 is 2.07 bits per heavy atom. The van der Waals surface area contributed by atoms with E-state index in [0.29, 0.717) is 37.6 Å². The molecule has 152 valence electrons. The summed E-state index contributed by atoms with van der Waals surface area (Å²) < 4.78 is 5.57. The summed E-state index contributed by atoms with van der Waals surface area (Å²) in [6.07, 6.45) is 8.74. The molecule has 0 aliphatic heterocycles. The first kappa shape index (κ1) is 19.9. The Morgan fingerprint density at radius 1 is 1.32 bits per heavy atom. The van der Waals surface area contributed by atoms with Gasteiger partial charge in [-0.15, -0.1) is 11.6 Å². The predicted octanol–water partition coefficient (Wildman–Crippen LogP) is 4.40. The number of halogens is 1. The van der Waals surface area contributed by atoms with Crippen LogP contribution in [0.3, 0.4) is 0 Å². The third kappa shape index (κ3) is 2.39. The maximum absolute atomic E-state index is 12.9. The highest BCUT2D eigenvalue weighted by Crippen LogP contribution is 2.67. The Balaban J connectivity index is 1.80. The molecule has 28 heavy (non-hydrogen) atoms. The summed E-state index contributed by atoms with van der Waals surface area (Å²) in [6, 6.07) is 0. The van der Waals surface area contributed by atoms with E-state index in [4.69, 9.17) is 16.3 Å². The second-order valence-corrected chi connectivity index (χ2v) is 9.93. The Labute approximate surface area is 171 Å². The van der Waals surface area contributed by atoms with Gasteiger partial charge < -0.3 is 4.74 Å². The molecule has 0 N–H and O–H groups in total. The van der Waals surface area contributed by atoms with E-state index in [1.54, 1.807) is 0 Å². The first-order valence-corrected chi connectivity index (χ1v) is 10.9. The number of carbonyl (C=O) groups excluding carboxylic acids is 3. The van der Waals surface area contributed by atoms with E-state index >= 15 is 0 Å². The van der Waals surface area contributed by atoms with Gasteiger partial charge in [-0.2, -0.15) is 0 Å². The van der Waals surface area contributed by atoms with Gasteiger partial charge in [-0.25, -0.2) is 0 Å². The zero-order valence-corrected chi connectivity index (χ0v) is 17.7. The maximum atomic E-state index is 12.9. The minimum atomic E-state index is -1.12. The Kier molecular flexibility index (Phi) is 4.65. The van der Waals surface area contributed by atoms with E-state index in [1.807, 2.05) is 6.08 Å². The molecule has 0 bridgehead atoms. The second kappa shape index (κ2) is 6.55. The van der Waals surface area contributed by atoms with Gasteiger partial charge in [0.15, 0.2) is 17.2 Å². The number of alkyl halides is 1. The average Bonchev–Trinajstić information content (AvgIpc) is 2.96. The molecule has 5 heteroatoms. The molecular formula is C23H29ClO4. The lowest BCUT2D eigenvalue weighted by Gasteiger charge is -2.56. The summed E-state index contributed by atoms with van der Waals surface area (Å²) in [5.41, 5.74) is 1.10. The number of rotatable bonds is 4. The fourth-order valence-corrected chi connectivity index (χ4v) is 7.39. The topological polar surface area (TPSA) is 60.4 Å². The monoisotopic (exact) mass is 404 g/mol. The van der Waals surface area contributed by atoms with Crippen LogP contribution in [0.15, 0.2) is 23.3 Å². The number of hydrogen-bond donors (Lipinski definition) is 0. The van der Waals surface area contributed by atoms with E-state index in [-0.39, 0.29) is 28.8 Å². The minimum absolute atomic E-state index is 0.0646. The van der Waals surface area contributed by atoms with Crippen LogP contribution in [0.25, 0.3) is 0 Å². The summed E-state index contributed by atoms with van der Waals surface area (Å²) in [5.74, 6) is 0.889. The third-order valence-corrected chi connectivity index (χ3v) is 8.84. The first-order valence-electron chi connectivity index (χ1n) is 10.4. The molecule has 2 fully saturated rings. The first-order chi connectivity index (χ1) is 13.2. The van der Waals surface area contributed by atoms with Crippen LogP contribution in [-0.2, 0) is 19.1 Å². The number of ketones is 2. The number of ether oxygens (including phenoxy) is 1. The zero-order valence-electron chi connectivity index (χ0n) is 16.9. The molecule has 0 aromatic rings. The standard InChI is InChI=1S/C23H29ClO4/c1-14-10-16-17(21(2)7-4-15(26)11-19(14)21)5-8-22(3)18(16)6-9-23(22,28-13-25)20(27)12-24/h5,11,13-14,16,18H,4,6-10,12H2,1-3H3/t14-,16+,18-,21+,22-,23-/m0/s1. The van der Waals surface area contributed by atoms with Crippen molar-refractivity contribution < 1.29 is 19.1 Å². The quantitative estimate of drug-likeness (QED) is 0.395. The summed E-state index contributed by atoms with van der Waals surface area (Å²) >= 11 is 5.94. The van der Waals surface area contributed by atoms with Crippen molar-refractivity contribution in [1.82, 2.24) is 0 Å². The molecule has 4 nitrogen and oxygen atoms in total. The van der Waals surface area contributed by atoms with E-state index in [2.05, 4.69) is 26.8 Å².